The summed E-state index contributed by atoms with van der Waals surface area (Å²) in [6.45, 7) is 1.83. The third-order valence-corrected chi connectivity index (χ3v) is 1.85. The van der Waals surface area contributed by atoms with Crippen LogP contribution in [0.15, 0.2) is 29.3 Å². The predicted molar refractivity (Wildman–Crippen MR) is 48.0 cm³/mol. The zero-order chi connectivity index (χ0) is 8.97. The smallest absolute Gasteiger partial charge is 0.211 e. The van der Waals surface area contributed by atoms with Gasteiger partial charge in [-0.2, -0.15) is 4.99 Å². The van der Waals surface area contributed by atoms with E-state index in [4.69, 9.17) is 11.6 Å². The zero-order valence-electron chi connectivity index (χ0n) is 6.62. The molecule has 0 saturated carbocycles. The van der Waals surface area contributed by atoms with Gasteiger partial charge in [0, 0.05) is 5.02 Å². The van der Waals surface area contributed by atoms with Crippen LogP contribution >= 0.6 is 11.6 Å². The predicted octanol–water partition coefficient (Wildman–Crippen LogP) is 2.74. The Bertz CT molecular complexity index is 301. The van der Waals surface area contributed by atoms with Crippen molar-refractivity contribution in [1.82, 2.24) is 0 Å². The Labute approximate surface area is 75.9 Å². The number of nitrogens with zero attached hydrogens (tertiary/aromatic N) is 1. The molecule has 1 aromatic rings. The fraction of sp³-hybridized carbons (Fsp3) is 0.222. The molecule has 2 nitrogen and oxygen atoms in total. The fourth-order valence-corrected chi connectivity index (χ4v) is 1.02. The van der Waals surface area contributed by atoms with Crippen molar-refractivity contribution in [3.63, 3.8) is 0 Å². The van der Waals surface area contributed by atoms with Gasteiger partial charge >= 0.3 is 0 Å². The summed E-state index contributed by atoms with van der Waals surface area (Å²) in [5.74, 6) is 0. The second kappa shape index (κ2) is 4.05. The largest absolute Gasteiger partial charge is 0.235 e. The molecular formula is C9H8ClNO. The molecule has 0 amide bonds. The number of hydrogen-bond donors (Lipinski definition) is 0. The Morgan fingerprint density at radius 3 is 2.50 bits per heavy atom. The van der Waals surface area contributed by atoms with Crippen LogP contribution < -0.4 is 0 Å². The molecule has 0 bridgehead atoms. The molecule has 62 valence electrons. The van der Waals surface area contributed by atoms with E-state index in [1.807, 2.05) is 19.1 Å². The van der Waals surface area contributed by atoms with E-state index >= 15 is 0 Å². The van der Waals surface area contributed by atoms with Gasteiger partial charge in [-0.25, -0.2) is 4.79 Å². The first-order valence-corrected chi connectivity index (χ1v) is 3.94. The molecule has 12 heavy (non-hydrogen) atoms. The summed E-state index contributed by atoms with van der Waals surface area (Å²) in [6, 6.07) is 7.09. The lowest BCUT2D eigenvalue weighted by molar-refractivity contribution is 0.559. The van der Waals surface area contributed by atoms with Crippen LogP contribution in [0.25, 0.3) is 0 Å². The minimum Gasteiger partial charge on any atom is -0.211 e. The van der Waals surface area contributed by atoms with Crippen molar-refractivity contribution in [3.8, 4) is 0 Å². The molecule has 0 aromatic heterocycles. The van der Waals surface area contributed by atoms with Crippen LogP contribution in [-0.4, -0.2) is 6.08 Å². The van der Waals surface area contributed by atoms with E-state index in [-0.39, 0.29) is 6.04 Å². The maximum Gasteiger partial charge on any atom is 0.235 e. The van der Waals surface area contributed by atoms with Gasteiger partial charge in [0.05, 0.1) is 6.04 Å². The standard InChI is InChI=1S/C9H8ClNO/c1-7(11-6-12)8-2-4-9(10)5-3-8/h2-5,7H,1H3. The Hall–Kier alpha value is -1.11. The summed E-state index contributed by atoms with van der Waals surface area (Å²) in [7, 11) is 0. The quantitative estimate of drug-likeness (QED) is 0.510. The van der Waals surface area contributed by atoms with Gasteiger partial charge in [-0.1, -0.05) is 23.7 Å². The highest BCUT2D eigenvalue weighted by molar-refractivity contribution is 6.30. The molecule has 0 N–H and O–H groups in total. The Morgan fingerprint density at radius 1 is 1.42 bits per heavy atom. The van der Waals surface area contributed by atoms with Crippen molar-refractivity contribution in [2.45, 2.75) is 13.0 Å². The topological polar surface area (TPSA) is 29.4 Å². The first-order valence-electron chi connectivity index (χ1n) is 3.56. The molecule has 3 heteroatoms. The Morgan fingerprint density at radius 2 is 2.00 bits per heavy atom. The van der Waals surface area contributed by atoms with E-state index in [9.17, 15) is 4.79 Å². The lowest BCUT2D eigenvalue weighted by Gasteiger charge is -2.02. The van der Waals surface area contributed by atoms with Crippen LogP contribution in [0.2, 0.25) is 5.02 Å². The van der Waals surface area contributed by atoms with E-state index in [2.05, 4.69) is 4.99 Å². The van der Waals surface area contributed by atoms with Crippen LogP contribution in [0.4, 0.5) is 0 Å². The number of hydrogen-bond acceptors (Lipinski definition) is 2. The van der Waals surface area contributed by atoms with Gasteiger partial charge in [0.25, 0.3) is 0 Å². The molecule has 0 heterocycles. The molecule has 0 fully saturated rings. The van der Waals surface area contributed by atoms with Crippen LogP contribution in [-0.2, 0) is 4.79 Å². The van der Waals surface area contributed by atoms with Crippen LogP contribution in [0.3, 0.4) is 0 Å². The molecule has 0 spiro atoms. The highest BCUT2D eigenvalue weighted by Crippen LogP contribution is 2.18. The van der Waals surface area contributed by atoms with Crippen molar-refractivity contribution in [2.75, 3.05) is 0 Å². The minimum absolute atomic E-state index is 0.139. The van der Waals surface area contributed by atoms with Crippen molar-refractivity contribution in [1.29, 1.82) is 0 Å². The molecule has 0 radical (unpaired) electrons. The third-order valence-electron chi connectivity index (χ3n) is 1.60. The first-order chi connectivity index (χ1) is 5.74. The average Bonchev–Trinajstić information content (AvgIpc) is 2.06. The highest BCUT2D eigenvalue weighted by Gasteiger charge is 2.01. The number of carbonyl (C=O) groups excluding carboxylic acids is 1. The van der Waals surface area contributed by atoms with Gasteiger partial charge < -0.3 is 0 Å². The lowest BCUT2D eigenvalue weighted by atomic mass is 10.1. The second-order valence-corrected chi connectivity index (χ2v) is 2.88. The summed E-state index contributed by atoms with van der Waals surface area (Å²) in [5, 5.41) is 0.682. The molecular weight excluding hydrogens is 174 g/mol. The van der Waals surface area contributed by atoms with E-state index < -0.39 is 0 Å². The molecule has 1 aromatic carbocycles. The summed E-state index contributed by atoms with van der Waals surface area (Å²) in [6.07, 6.45) is 1.52. The van der Waals surface area contributed by atoms with Gasteiger partial charge in [-0.3, -0.25) is 0 Å². The van der Waals surface area contributed by atoms with Gasteiger partial charge in [0.2, 0.25) is 6.08 Å². The van der Waals surface area contributed by atoms with Crippen LogP contribution in [0.5, 0.6) is 0 Å². The normalized spacial score (nSPS) is 11.8. The monoisotopic (exact) mass is 181 g/mol. The van der Waals surface area contributed by atoms with Gasteiger partial charge in [-0.05, 0) is 24.6 Å². The van der Waals surface area contributed by atoms with Gasteiger partial charge in [0.15, 0.2) is 0 Å². The van der Waals surface area contributed by atoms with Gasteiger partial charge in [-0.15, -0.1) is 0 Å². The van der Waals surface area contributed by atoms with Crippen molar-refractivity contribution in [2.24, 2.45) is 4.99 Å². The Kier molecular flexibility index (Phi) is 3.03. The zero-order valence-corrected chi connectivity index (χ0v) is 7.38. The SMILES string of the molecule is CC(N=C=O)c1ccc(Cl)cc1. The molecule has 0 aliphatic carbocycles. The van der Waals surface area contributed by atoms with Crippen molar-refractivity contribution >= 4 is 17.7 Å². The molecule has 1 atom stereocenters. The fourth-order valence-electron chi connectivity index (χ4n) is 0.895. The van der Waals surface area contributed by atoms with E-state index in [0.29, 0.717) is 5.02 Å². The van der Waals surface area contributed by atoms with Crippen LogP contribution in [0.1, 0.15) is 18.5 Å². The van der Waals surface area contributed by atoms with Gasteiger partial charge in [0.1, 0.15) is 0 Å². The molecule has 0 saturated heterocycles. The summed E-state index contributed by atoms with van der Waals surface area (Å²) in [4.78, 5) is 13.5. The van der Waals surface area contributed by atoms with Crippen LogP contribution in [0, 0.1) is 0 Å². The summed E-state index contributed by atoms with van der Waals surface area (Å²) >= 11 is 5.69. The number of benzene rings is 1. The lowest BCUT2D eigenvalue weighted by Crippen LogP contribution is -1.87. The highest BCUT2D eigenvalue weighted by atomic mass is 35.5. The van der Waals surface area contributed by atoms with Crippen molar-refractivity contribution < 1.29 is 4.79 Å². The van der Waals surface area contributed by atoms with E-state index in [1.54, 1.807) is 12.1 Å². The van der Waals surface area contributed by atoms with E-state index in [0.717, 1.165) is 5.56 Å². The molecule has 0 aliphatic heterocycles. The number of isocyanates is 1. The summed E-state index contributed by atoms with van der Waals surface area (Å²) < 4.78 is 0. The third kappa shape index (κ3) is 2.19. The molecule has 1 rings (SSSR count). The molecule has 1 unspecified atom stereocenters. The molecule has 0 aliphatic rings. The number of rotatable bonds is 2. The average molecular weight is 182 g/mol. The maximum absolute atomic E-state index is 9.94. The number of aliphatic imine (C=N–C) groups is 1. The van der Waals surface area contributed by atoms with Crippen molar-refractivity contribution in [3.05, 3.63) is 34.9 Å². The van der Waals surface area contributed by atoms with E-state index in [1.165, 1.54) is 6.08 Å². The Balaban J connectivity index is 2.89. The minimum atomic E-state index is -0.139. The first kappa shape index (κ1) is 8.98. The second-order valence-electron chi connectivity index (χ2n) is 2.45. The maximum atomic E-state index is 9.94. The summed E-state index contributed by atoms with van der Waals surface area (Å²) in [5.41, 5.74) is 0.961. The number of halogens is 1.